The van der Waals surface area contributed by atoms with Gasteiger partial charge in [0.05, 0.1) is 7.11 Å². The number of unbranched alkanes of at least 4 members (excludes halogenated alkanes) is 1. The van der Waals surface area contributed by atoms with E-state index in [0.29, 0.717) is 13.0 Å². The highest BCUT2D eigenvalue weighted by Crippen LogP contribution is 2.20. The van der Waals surface area contributed by atoms with Crippen molar-refractivity contribution < 1.29 is 17.9 Å². The van der Waals surface area contributed by atoms with Gasteiger partial charge in [-0.25, -0.2) is 13.1 Å². The van der Waals surface area contributed by atoms with Gasteiger partial charge in [0, 0.05) is 13.5 Å². The molecular weight excluding hydrogens is 364 g/mol. The van der Waals surface area contributed by atoms with Crippen LogP contribution in [0, 0.1) is 0 Å². The van der Waals surface area contributed by atoms with Crippen molar-refractivity contribution in [3.63, 3.8) is 0 Å². The van der Waals surface area contributed by atoms with Crippen molar-refractivity contribution in [2.75, 3.05) is 19.0 Å². The van der Waals surface area contributed by atoms with Crippen LogP contribution < -0.4 is 14.8 Å². The average Bonchev–Trinajstić information content (AvgIpc) is 3.03. The van der Waals surface area contributed by atoms with Crippen molar-refractivity contribution in [2.24, 2.45) is 0 Å². The van der Waals surface area contributed by atoms with E-state index in [9.17, 15) is 13.2 Å². The van der Waals surface area contributed by atoms with Gasteiger partial charge in [-0.2, -0.15) is 0 Å². The number of amides is 1. The van der Waals surface area contributed by atoms with Gasteiger partial charge in [-0.1, -0.05) is 29.5 Å². The monoisotopic (exact) mass is 384 g/mol. The smallest absolute Gasteiger partial charge is 0.269 e. The second-order valence-electron chi connectivity index (χ2n) is 5.22. The van der Waals surface area contributed by atoms with Crippen molar-refractivity contribution in [3.8, 4) is 5.75 Å². The van der Waals surface area contributed by atoms with Gasteiger partial charge in [0.15, 0.2) is 0 Å². The van der Waals surface area contributed by atoms with Crippen LogP contribution in [0.3, 0.4) is 0 Å². The summed E-state index contributed by atoms with van der Waals surface area (Å²) < 4.78 is 31.9. The van der Waals surface area contributed by atoms with Crippen LogP contribution in [0.15, 0.2) is 28.6 Å². The number of nitrogens with zero attached hydrogens (tertiary/aromatic N) is 2. The molecule has 1 heterocycles. The maximum absolute atomic E-state index is 12.1. The lowest BCUT2D eigenvalue weighted by molar-refractivity contribution is -0.114. The lowest BCUT2D eigenvalue weighted by Gasteiger charge is -2.08. The minimum Gasteiger partial charge on any atom is -0.496 e. The van der Waals surface area contributed by atoms with Gasteiger partial charge in [-0.05, 0) is 30.9 Å². The van der Waals surface area contributed by atoms with Crippen LogP contribution in [-0.4, -0.2) is 38.2 Å². The van der Waals surface area contributed by atoms with Gasteiger partial charge in [0.2, 0.25) is 15.4 Å². The van der Waals surface area contributed by atoms with Crippen LogP contribution in [0.4, 0.5) is 5.13 Å². The Morgan fingerprint density at radius 2 is 2.00 bits per heavy atom. The number of carbonyl (C=O) groups is 1. The highest BCUT2D eigenvalue weighted by atomic mass is 32.2. The molecule has 0 fully saturated rings. The lowest BCUT2D eigenvalue weighted by atomic mass is 10.1. The first-order valence-electron chi connectivity index (χ1n) is 7.65. The highest BCUT2D eigenvalue weighted by Gasteiger charge is 2.19. The van der Waals surface area contributed by atoms with Crippen molar-refractivity contribution in [2.45, 2.75) is 30.5 Å². The van der Waals surface area contributed by atoms with E-state index >= 15 is 0 Å². The first kappa shape index (κ1) is 19.3. The van der Waals surface area contributed by atoms with E-state index in [0.717, 1.165) is 35.5 Å². The van der Waals surface area contributed by atoms with E-state index in [1.807, 2.05) is 24.3 Å². The Hall–Kier alpha value is -2.04. The van der Waals surface area contributed by atoms with E-state index in [1.54, 1.807) is 7.11 Å². The standard InChI is InChI=1S/C15H20N4O4S2/c1-11(20)17-14-18-19-15(24-14)25(21,22)16-10-6-5-8-12-7-3-4-9-13(12)23-2/h3-4,7,9,16H,5-6,8,10H2,1-2H3,(H,17,18,20). The Labute approximate surface area is 150 Å². The van der Waals surface area contributed by atoms with Gasteiger partial charge in [-0.15, -0.1) is 10.2 Å². The molecule has 0 saturated carbocycles. The zero-order chi connectivity index (χ0) is 18.3. The summed E-state index contributed by atoms with van der Waals surface area (Å²) in [5.41, 5.74) is 1.09. The molecule has 0 radical (unpaired) electrons. The van der Waals surface area contributed by atoms with Crippen LogP contribution in [-0.2, 0) is 21.2 Å². The number of anilines is 1. The number of para-hydroxylation sites is 1. The van der Waals surface area contributed by atoms with Crippen molar-refractivity contribution in [1.82, 2.24) is 14.9 Å². The number of rotatable bonds is 9. The summed E-state index contributed by atoms with van der Waals surface area (Å²) in [4.78, 5) is 10.9. The molecule has 1 aromatic heterocycles. The fraction of sp³-hybridized carbons (Fsp3) is 0.400. The molecular formula is C15H20N4O4S2. The predicted molar refractivity (Wildman–Crippen MR) is 95.3 cm³/mol. The Morgan fingerprint density at radius 3 is 2.72 bits per heavy atom. The fourth-order valence-corrected chi connectivity index (χ4v) is 4.20. The number of hydrogen-bond donors (Lipinski definition) is 2. The van der Waals surface area contributed by atoms with Gasteiger partial charge in [-0.3, -0.25) is 4.79 Å². The first-order valence-corrected chi connectivity index (χ1v) is 9.95. The number of aryl methyl sites for hydroxylation is 1. The molecule has 0 aliphatic carbocycles. The zero-order valence-corrected chi connectivity index (χ0v) is 15.6. The maximum Gasteiger partial charge on any atom is 0.269 e. The number of aromatic nitrogens is 2. The predicted octanol–water partition coefficient (Wildman–Crippen LogP) is 1.81. The van der Waals surface area contributed by atoms with Gasteiger partial charge in [0.1, 0.15) is 5.75 Å². The molecule has 1 amide bonds. The largest absolute Gasteiger partial charge is 0.496 e. The molecule has 10 heteroatoms. The van der Waals surface area contributed by atoms with Gasteiger partial charge in [0.25, 0.3) is 10.0 Å². The molecule has 0 saturated heterocycles. The van der Waals surface area contributed by atoms with Crippen LogP contribution in [0.5, 0.6) is 5.75 Å². The number of ether oxygens (including phenoxy) is 1. The third-order valence-electron chi connectivity index (χ3n) is 3.28. The second-order valence-corrected chi connectivity index (χ2v) is 8.14. The molecule has 0 aliphatic heterocycles. The second kappa shape index (κ2) is 8.88. The van der Waals surface area contributed by atoms with Crippen LogP contribution in [0.2, 0.25) is 0 Å². The zero-order valence-electron chi connectivity index (χ0n) is 14.0. The fourth-order valence-electron chi connectivity index (χ4n) is 2.14. The summed E-state index contributed by atoms with van der Waals surface area (Å²) in [6.07, 6.45) is 2.29. The Morgan fingerprint density at radius 1 is 1.24 bits per heavy atom. The van der Waals surface area contributed by atoms with Crippen molar-refractivity contribution in [3.05, 3.63) is 29.8 Å². The van der Waals surface area contributed by atoms with Crippen molar-refractivity contribution >= 4 is 32.4 Å². The van der Waals surface area contributed by atoms with E-state index in [2.05, 4.69) is 20.2 Å². The normalized spacial score (nSPS) is 11.3. The molecule has 8 nitrogen and oxygen atoms in total. The quantitative estimate of drug-likeness (QED) is 0.504. The molecule has 2 aromatic rings. The Balaban J connectivity index is 1.80. The van der Waals surface area contributed by atoms with Crippen LogP contribution in [0.1, 0.15) is 25.3 Å². The van der Waals surface area contributed by atoms with E-state index in [-0.39, 0.29) is 15.4 Å². The first-order chi connectivity index (χ1) is 11.9. The van der Waals surface area contributed by atoms with E-state index in [4.69, 9.17) is 4.74 Å². The summed E-state index contributed by atoms with van der Waals surface area (Å²) >= 11 is 0.813. The van der Waals surface area contributed by atoms with Crippen molar-refractivity contribution in [1.29, 1.82) is 0 Å². The number of nitrogens with one attached hydrogen (secondary N) is 2. The number of sulfonamides is 1. The summed E-state index contributed by atoms with van der Waals surface area (Å²) in [6.45, 7) is 1.61. The Kier molecular flexibility index (Phi) is 6.85. The molecule has 0 atom stereocenters. The molecule has 2 N–H and O–H groups in total. The summed E-state index contributed by atoms with van der Waals surface area (Å²) in [5.74, 6) is 0.506. The van der Waals surface area contributed by atoms with E-state index in [1.165, 1.54) is 6.92 Å². The number of methoxy groups -OCH3 is 1. The molecule has 0 unspecified atom stereocenters. The highest BCUT2D eigenvalue weighted by molar-refractivity contribution is 7.91. The lowest BCUT2D eigenvalue weighted by Crippen LogP contribution is -2.24. The summed E-state index contributed by atoms with van der Waals surface area (Å²) in [6, 6.07) is 7.75. The Bertz CT molecular complexity index is 820. The van der Waals surface area contributed by atoms with Crippen LogP contribution >= 0.6 is 11.3 Å². The van der Waals surface area contributed by atoms with Gasteiger partial charge >= 0.3 is 0 Å². The molecule has 25 heavy (non-hydrogen) atoms. The topological polar surface area (TPSA) is 110 Å². The maximum atomic E-state index is 12.1. The molecule has 0 aliphatic rings. The van der Waals surface area contributed by atoms with Gasteiger partial charge < -0.3 is 10.1 Å². The SMILES string of the molecule is COc1ccccc1CCCCNS(=O)(=O)c1nnc(NC(C)=O)s1. The number of benzene rings is 1. The number of hydrogen-bond acceptors (Lipinski definition) is 7. The third-order valence-corrected chi connectivity index (χ3v) is 5.94. The molecule has 0 spiro atoms. The number of carbonyl (C=O) groups excluding carboxylic acids is 1. The molecule has 1 aromatic carbocycles. The van der Waals surface area contributed by atoms with E-state index < -0.39 is 10.0 Å². The minimum absolute atomic E-state index is 0.157. The third kappa shape index (κ3) is 5.76. The summed E-state index contributed by atoms with van der Waals surface area (Å²) in [7, 11) is -2.09. The summed E-state index contributed by atoms with van der Waals surface area (Å²) in [5, 5.41) is 9.79. The molecule has 2 rings (SSSR count). The van der Waals surface area contributed by atoms with Crippen LogP contribution in [0.25, 0.3) is 0 Å². The molecule has 0 bridgehead atoms. The molecule has 136 valence electrons. The minimum atomic E-state index is -3.71. The average molecular weight is 384 g/mol.